The predicted octanol–water partition coefficient (Wildman–Crippen LogP) is 3.11. The highest BCUT2D eigenvalue weighted by Crippen LogP contribution is 2.40. The first kappa shape index (κ1) is 24.3. The third kappa shape index (κ3) is 7.69. The van der Waals surface area contributed by atoms with Crippen LogP contribution in [0, 0.1) is 5.41 Å². The van der Waals surface area contributed by atoms with E-state index in [4.69, 9.17) is 24.3 Å². The maximum absolute atomic E-state index is 8.94. The van der Waals surface area contributed by atoms with Gasteiger partial charge in [0.1, 0.15) is 6.61 Å². The van der Waals surface area contributed by atoms with Crippen molar-refractivity contribution in [1.29, 1.82) is 0 Å². The van der Waals surface area contributed by atoms with Crippen LogP contribution >= 0.6 is 0 Å². The molecule has 1 fully saturated rings. The summed E-state index contributed by atoms with van der Waals surface area (Å²) in [4.78, 5) is 4.77. The minimum absolute atomic E-state index is 0.0288. The monoisotopic (exact) mass is 421 g/mol. The molecule has 1 aliphatic carbocycles. The van der Waals surface area contributed by atoms with Gasteiger partial charge in [-0.25, -0.2) is 4.99 Å². The van der Waals surface area contributed by atoms with Gasteiger partial charge in [-0.3, -0.25) is 0 Å². The number of aliphatic imine (C=N–C) groups is 1. The maximum atomic E-state index is 8.94. The van der Waals surface area contributed by atoms with Crippen LogP contribution in [-0.2, 0) is 11.3 Å². The molecule has 0 amide bonds. The molecule has 0 aliphatic heterocycles. The summed E-state index contributed by atoms with van der Waals surface area (Å²) in [6.07, 6.45) is 6.19. The summed E-state index contributed by atoms with van der Waals surface area (Å²) in [6.45, 7) is 8.23. The fraction of sp³-hybridized carbons (Fsp3) is 0.696. The second-order valence-electron chi connectivity index (χ2n) is 7.76. The second-order valence-corrected chi connectivity index (χ2v) is 7.76. The first-order valence-corrected chi connectivity index (χ1v) is 11.2. The molecule has 0 aromatic heterocycles. The van der Waals surface area contributed by atoms with E-state index in [1.54, 1.807) is 7.11 Å². The van der Waals surface area contributed by atoms with Gasteiger partial charge in [0, 0.05) is 26.3 Å². The van der Waals surface area contributed by atoms with Gasteiger partial charge in [0.05, 0.1) is 20.3 Å². The van der Waals surface area contributed by atoms with Gasteiger partial charge in [-0.15, -0.1) is 0 Å². The predicted molar refractivity (Wildman–Crippen MR) is 120 cm³/mol. The molecule has 1 aromatic carbocycles. The van der Waals surface area contributed by atoms with Crippen LogP contribution in [0.1, 0.15) is 51.5 Å². The van der Waals surface area contributed by atoms with E-state index in [9.17, 15) is 0 Å². The Hall–Kier alpha value is -1.99. The third-order valence-corrected chi connectivity index (χ3v) is 5.62. The van der Waals surface area contributed by atoms with E-state index in [0.29, 0.717) is 23.5 Å². The fourth-order valence-electron chi connectivity index (χ4n) is 3.94. The Bertz CT molecular complexity index is 645. The average molecular weight is 422 g/mol. The lowest BCUT2D eigenvalue weighted by Gasteiger charge is -2.30. The Kier molecular flexibility index (Phi) is 10.8. The highest BCUT2D eigenvalue weighted by Gasteiger charge is 2.33. The number of hydrogen-bond acceptors (Lipinski definition) is 5. The van der Waals surface area contributed by atoms with E-state index in [1.807, 2.05) is 18.2 Å². The quantitative estimate of drug-likeness (QED) is 0.258. The van der Waals surface area contributed by atoms with Gasteiger partial charge in [-0.1, -0.05) is 18.9 Å². The van der Waals surface area contributed by atoms with Gasteiger partial charge in [0.15, 0.2) is 17.5 Å². The number of aliphatic hydroxyl groups excluding tert-OH is 1. The molecule has 7 heteroatoms. The molecule has 7 nitrogen and oxygen atoms in total. The number of guanidine groups is 1. The molecular formula is C23H39N3O4. The van der Waals surface area contributed by atoms with E-state index < -0.39 is 0 Å². The topological polar surface area (TPSA) is 84.3 Å². The molecule has 0 bridgehead atoms. The SMILES string of the molecule is CCNC(=NCc1ccc(OCCO)c(OC)c1)NCC1(CCOCC)CCCC1. The van der Waals surface area contributed by atoms with Gasteiger partial charge < -0.3 is 30.0 Å². The Morgan fingerprint density at radius 3 is 2.60 bits per heavy atom. The van der Waals surface area contributed by atoms with Gasteiger partial charge in [0.2, 0.25) is 0 Å². The summed E-state index contributed by atoms with van der Waals surface area (Å²) in [6, 6.07) is 5.77. The van der Waals surface area contributed by atoms with Crippen molar-refractivity contribution in [2.75, 3.05) is 46.6 Å². The zero-order valence-corrected chi connectivity index (χ0v) is 18.8. The molecule has 1 saturated carbocycles. The Morgan fingerprint density at radius 2 is 1.93 bits per heavy atom. The highest BCUT2D eigenvalue weighted by molar-refractivity contribution is 5.79. The second kappa shape index (κ2) is 13.3. The molecule has 0 saturated heterocycles. The maximum Gasteiger partial charge on any atom is 0.191 e. The highest BCUT2D eigenvalue weighted by atomic mass is 16.5. The molecule has 170 valence electrons. The van der Waals surface area contributed by atoms with Crippen molar-refractivity contribution >= 4 is 5.96 Å². The van der Waals surface area contributed by atoms with Crippen LogP contribution in [0.25, 0.3) is 0 Å². The van der Waals surface area contributed by atoms with Crippen molar-refractivity contribution in [2.45, 2.75) is 52.5 Å². The number of rotatable bonds is 13. The average Bonchev–Trinajstić information content (AvgIpc) is 3.23. The normalized spacial score (nSPS) is 15.8. The Labute approximate surface area is 181 Å². The lowest BCUT2D eigenvalue weighted by molar-refractivity contribution is 0.105. The summed E-state index contributed by atoms with van der Waals surface area (Å²) in [5, 5.41) is 15.9. The number of hydrogen-bond donors (Lipinski definition) is 3. The van der Waals surface area contributed by atoms with E-state index in [0.717, 1.165) is 44.2 Å². The standard InChI is InChI=1S/C23H39N3O4/c1-4-24-22(26-18-23(10-6-7-11-23)12-14-29-5-2)25-17-19-8-9-20(30-15-13-27)21(16-19)28-3/h8-9,16,27H,4-7,10-15,17-18H2,1-3H3,(H2,24,25,26). The van der Waals surface area contributed by atoms with Crippen molar-refractivity contribution < 1.29 is 19.3 Å². The molecule has 0 unspecified atom stereocenters. The van der Waals surface area contributed by atoms with Crippen molar-refractivity contribution in [1.82, 2.24) is 10.6 Å². The first-order chi connectivity index (χ1) is 14.7. The summed E-state index contributed by atoms with van der Waals surface area (Å²) >= 11 is 0. The van der Waals surface area contributed by atoms with Crippen LogP contribution in [0.2, 0.25) is 0 Å². The van der Waals surface area contributed by atoms with Gasteiger partial charge in [0.25, 0.3) is 0 Å². The Balaban J connectivity index is 1.99. The summed E-state index contributed by atoms with van der Waals surface area (Å²) in [7, 11) is 1.61. The summed E-state index contributed by atoms with van der Waals surface area (Å²) in [5.41, 5.74) is 1.34. The number of methoxy groups -OCH3 is 1. The van der Waals surface area contributed by atoms with Crippen LogP contribution in [0.4, 0.5) is 0 Å². The molecule has 0 spiro atoms. The number of aliphatic hydroxyl groups is 1. The van der Waals surface area contributed by atoms with E-state index >= 15 is 0 Å². The molecule has 1 aliphatic rings. The van der Waals surface area contributed by atoms with Crippen molar-refractivity contribution in [2.24, 2.45) is 10.4 Å². The van der Waals surface area contributed by atoms with Crippen molar-refractivity contribution in [3.63, 3.8) is 0 Å². The van der Waals surface area contributed by atoms with Crippen molar-refractivity contribution in [3.8, 4) is 11.5 Å². The number of benzene rings is 1. The molecule has 2 rings (SSSR count). The van der Waals surface area contributed by atoms with E-state index in [-0.39, 0.29) is 13.2 Å². The number of ether oxygens (including phenoxy) is 3. The van der Waals surface area contributed by atoms with Crippen LogP contribution in [0.5, 0.6) is 11.5 Å². The van der Waals surface area contributed by atoms with Gasteiger partial charge >= 0.3 is 0 Å². The van der Waals surface area contributed by atoms with E-state index in [2.05, 4.69) is 24.5 Å². The fourth-order valence-corrected chi connectivity index (χ4v) is 3.94. The minimum atomic E-state index is -0.0288. The lowest BCUT2D eigenvalue weighted by Crippen LogP contribution is -2.43. The van der Waals surface area contributed by atoms with Gasteiger partial charge in [-0.2, -0.15) is 0 Å². The molecule has 3 N–H and O–H groups in total. The first-order valence-electron chi connectivity index (χ1n) is 11.2. The molecular weight excluding hydrogens is 382 g/mol. The molecule has 30 heavy (non-hydrogen) atoms. The van der Waals surface area contributed by atoms with Crippen LogP contribution in [-0.4, -0.2) is 57.7 Å². The molecule has 1 aromatic rings. The number of nitrogens with one attached hydrogen (secondary N) is 2. The smallest absolute Gasteiger partial charge is 0.191 e. The van der Waals surface area contributed by atoms with Crippen LogP contribution < -0.4 is 20.1 Å². The zero-order chi connectivity index (χ0) is 21.7. The third-order valence-electron chi connectivity index (χ3n) is 5.62. The summed E-state index contributed by atoms with van der Waals surface area (Å²) < 4.78 is 16.5. The molecule has 0 radical (unpaired) electrons. The van der Waals surface area contributed by atoms with Crippen molar-refractivity contribution in [3.05, 3.63) is 23.8 Å². The zero-order valence-electron chi connectivity index (χ0n) is 18.8. The molecule has 0 atom stereocenters. The van der Waals surface area contributed by atoms with Crippen LogP contribution in [0.3, 0.4) is 0 Å². The minimum Gasteiger partial charge on any atom is -0.493 e. The lowest BCUT2D eigenvalue weighted by atomic mass is 9.83. The number of nitrogens with zero attached hydrogens (tertiary/aromatic N) is 1. The molecule has 0 heterocycles. The van der Waals surface area contributed by atoms with E-state index in [1.165, 1.54) is 25.7 Å². The largest absolute Gasteiger partial charge is 0.493 e. The van der Waals surface area contributed by atoms with Crippen LogP contribution in [0.15, 0.2) is 23.2 Å². The van der Waals surface area contributed by atoms with Gasteiger partial charge in [-0.05, 0) is 56.2 Å². The summed E-state index contributed by atoms with van der Waals surface area (Å²) in [5.74, 6) is 2.11. The Morgan fingerprint density at radius 1 is 1.13 bits per heavy atom.